The second-order valence-corrected chi connectivity index (χ2v) is 6.21. The number of halogens is 2. The van der Waals surface area contributed by atoms with E-state index in [9.17, 15) is 9.18 Å². The highest BCUT2D eigenvalue weighted by Crippen LogP contribution is 2.75. The maximum Gasteiger partial charge on any atom is 0.323 e. The average molecular weight is 284 g/mol. The molecule has 3 fully saturated rings. The normalized spacial score (nSPS) is 33.1. The highest BCUT2D eigenvalue weighted by atomic mass is 35.5. The van der Waals surface area contributed by atoms with Gasteiger partial charge in [0.05, 0.1) is 7.11 Å². The summed E-state index contributed by atoms with van der Waals surface area (Å²) in [6, 6.07) is 3.84. The van der Waals surface area contributed by atoms with E-state index in [1.807, 2.05) is 0 Å². The molecule has 19 heavy (non-hydrogen) atoms. The lowest BCUT2D eigenvalue weighted by atomic mass is 9.31. The van der Waals surface area contributed by atoms with E-state index in [-0.39, 0.29) is 22.6 Å². The number of hydrogen-bond donors (Lipinski definition) is 1. The van der Waals surface area contributed by atoms with Crippen molar-refractivity contribution >= 4 is 17.6 Å². The summed E-state index contributed by atoms with van der Waals surface area (Å²) in [5, 5.41) is 0.585. The van der Waals surface area contributed by atoms with Crippen molar-refractivity contribution in [1.82, 2.24) is 0 Å². The number of ether oxygens (including phenoxy) is 1. The lowest BCUT2D eigenvalue weighted by Gasteiger charge is -2.72. The molecule has 2 N–H and O–H groups in total. The first-order chi connectivity index (χ1) is 8.92. The van der Waals surface area contributed by atoms with Crippen molar-refractivity contribution in [1.29, 1.82) is 0 Å². The number of rotatable bonds is 3. The maximum atomic E-state index is 13.3. The molecule has 3 aliphatic carbocycles. The molecule has 3 nitrogen and oxygen atoms in total. The van der Waals surface area contributed by atoms with Crippen LogP contribution in [0.1, 0.15) is 24.8 Å². The van der Waals surface area contributed by atoms with E-state index in [0.29, 0.717) is 5.02 Å². The summed E-state index contributed by atoms with van der Waals surface area (Å²) >= 11 is 6.14. The van der Waals surface area contributed by atoms with Gasteiger partial charge < -0.3 is 10.5 Å². The zero-order valence-electron chi connectivity index (χ0n) is 10.6. The summed E-state index contributed by atoms with van der Waals surface area (Å²) in [6.45, 7) is 0. The summed E-state index contributed by atoms with van der Waals surface area (Å²) in [7, 11) is 1.34. The number of nitrogens with two attached hydrogens (primary N) is 1. The molecule has 1 aromatic carbocycles. The van der Waals surface area contributed by atoms with Crippen molar-refractivity contribution in [3.05, 3.63) is 34.6 Å². The van der Waals surface area contributed by atoms with Crippen LogP contribution in [0.3, 0.4) is 0 Å². The highest BCUT2D eigenvalue weighted by Gasteiger charge is 2.72. The summed E-state index contributed by atoms with van der Waals surface area (Å²) in [5.74, 6) is -0.658. The van der Waals surface area contributed by atoms with Gasteiger partial charge in [0.15, 0.2) is 0 Å². The van der Waals surface area contributed by atoms with Gasteiger partial charge in [-0.25, -0.2) is 4.39 Å². The first-order valence-electron chi connectivity index (χ1n) is 6.21. The minimum absolute atomic E-state index is 0.0924. The molecule has 3 saturated carbocycles. The van der Waals surface area contributed by atoms with Crippen LogP contribution in [0.5, 0.6) is 0 Å². The lowest BCUT2D eigenvalue weighted by molar-refractivity contribution is -0.181. The summed E-state index contributed by atoms with van der Waals surface area (Å²) in [4.78, 5) is 11.5. The van der Waals surface area contributed by atoms with Crippen LogP contribution in [0.4, 0.5) is 4.39 Å². The topological polar surface area (TPSA) is 52.3 Å². The number of carbonyl (C=O) groups is 1. The van der Waals surface area contributed by atoms with Crippen molar-refractivity contribution in [3.63, 3.8) is 0 Å². The molecule has 0 spiro atoms. The van der Waals surface area contributed by atoms with Crippen LogP contribution in [0, 0.1) is 11.2 Å². The third kappa shape index (κ3) is 1.63. The molecule has 1 atom stereocenters. The van der Waals surface area contributed by atoms with Crippen LogP contribution in [0.25, 0.3) is 0 Å². The number of hydrogen-bond acceptors (Lipinski definition) is 3. The van der Waals surface area contributed by atoms with E-state index in [1.165, 1.54) is 19.2 Å². The van der Waals surface area contributed by atoms with Gasteiger partial charge in [-0.05, 0) is 53.9 Å². The summed E-state index contributed by atoms with van der Waals surface area (Å²) in [6.07, 6.45) is 2.33. The van der Waals surface area contributed by atoms with Crippen molar-refractivity contribution in [2.45, 2.75) is 30.7 Å². The van der Waals surface area contributed by atoms with E-state index in [2.05, 4.69) is 0 Å². The van der Waals surface area contributed by atoms with Gasteiger partial charge in [0.1, 0.15) is 11.9 Å². The monoisotopic (exact) mass is 283 g/mol. The molecule has 5 heteroatoms. The van der Waals surface area contributed by atoms with E-state index in [0.717, 1.165) is 24.8 Å². The average Bonchev–Trinajstić information content (AvgIpc) is 2.29. The smallest absolute Gasteiger partial charge is 0.323 e. The SMILES string of the molecule is COC(=O)C(N)C12CC(c3cc(F)ccc3Cl)(C1)C2. The molecule has 0 aromatic heterocycles. The lowest BCUT2D eigenvalue weighted by Crippen LogP contribution is -2.72. The van der Waals surface area contributed by atoms with E-state index in [4.69, 9.17) is 22.1 Å². The first-order valence-corrected chi connectivity index (χ1v) is 6.59. The molecular weight excluding hydrogens is 269 g/mol. The zero-order chi connectivity index (χ0) is 13.8. The van der Waals surface area contributed by atoms with Crippen LogP contribution in [-0.4, -0.2) is 19.1 Å². The molecule has 0 saturated heterocycles. The fourth-order valence-electron chi connectivity index (χ4n) is 3.76. The molecule has 0 heterocycles. The summed E-state index contributed by atoms with van der Waals surface area (Å²) < 4.78 is 18.0. The first kappa shape index (κ1) is 12.9. The molecule has 0 aliphatic heterocycles. The Balaban J connectivity index is 1.80. The minimum atomic E-state index is -0.591. The fraction of sp³-hybridized carbons (Fsp3) is 0.500. The predicted octanol–water partition coefficient (Wildman–Crippen LogP) is 2.40. The van der Waals surface area contributed by atoms with Gasteiger partial charge in [-0.3, -0.25) is 4.79 Å². The Hall–Kier alpha value is -1.13. The van der Waals surface area contributed by atoms with Gasteiger partial charge in [-0.2, -0.15) is 0 Å². The summed E-state index contributed by atoms with van der Waals surface area (Å²) in [5.41, 5.74) is 6.50. The minimum Gasteiger partial charge on any atom is -0.468 e. The zero-order valence-corrected chi connectivity index (χ0v) is 11.3. The molecule has 2 bridgehead atoms. The molecule has 1 unspecified atom stereocenters. The van der Waals surface area contributed by atoms with Crippen molar-refractivity contribution in [3.8, 4) is 0 Å². The second-order valence-electron chi connectivity index (χ2n) is 5.80. The van der Waals surface area contributed by atoms with Crippen molar-refractivity contribution < 1.29 is 13.9 Å². The Morgan fingerprint density at radius 1 is 1.47 bits per heavy atom. The molecule has 0 radical (unpaired) electrons. The molecule has 1 aromatic rings. The third-order valence-electron chi connectivity index (χ3n) is 4.69. The molecule has 4 rings (SSSR count). The van der Waals surface area contributed by atoms with Crippen molar-refractivity contribution in [2.75, 3.05) is 7.11 Å². The molecular formula is C14H15ClFNO2. The standard InChI is InChI=1S/C14H15ClFNO2/c1-19-12(18)11(17)14-5-13(6-14,7-14)9-4-8(16)2-3-10(9)15/h2-4,11H,5-7,17H2,1H3. The van der Waals surface area contributed by atoms with Crippen LogP contribution in [0.15, 0.2) is 18.2 Å². The van der Waals surface area contributed by atoms with E-state index in [1.54, 1.807) is 6.07 Å². The van der Waals surface area contributed by atoms with Gasteiger partial charge in [-0.15, -0.1) is 0 Å². The van der Waals surface area contributed by atoms with Crippen LogP contribution < -0.4 is 5.73 Å². The number of carbonyl (C=O) groups excluding carboxylic acids is 1. The quantitative estimate of drug-likeness (QED) is 0.867. The predicted molar refractivity (Wildman–Crippen MR) is 69.4 cm³/mol. The second kappa shape index (κ2) is 3.93. The van der Waals surface area contributed by atoms with Crippen LogP contribution >= 0.6 is 11.6 Å². The third-order valence-corrected chi connectivity index (χ3v) is 5.02. The number of benzene rings is 1. The van der Waals surface area contributed by atoms with Gasteiger partial charge in [0, 0.05) is 5.02 Å². The van der Waals surface area contributed by atoms with Gasteiger partial charge in [0.2, 0.25) is 0 Å². The Morgan fingerprint density at radius 2 is 2.11 bits per heavy atom. The number of esters is 1. The Labute approximate surface area is 115 Å². The van der Waals surface area contributed by atoms with Gasteiger partial charge >= 0.3 is 5.97 Å². The maximum absolute atomic E-state index is 13.3. The van der Waals surface area contributed by atoms with E-state index >= 15 is 0 Å². The largest absolute Gasteiger partial charge is 0.468 e. The molecule has 102 valence electrons. The Kier molecular flexibility index (Phi) is 2.67. The fourth-order valence-corrected chi connectivity index (χ4v) is 4.08. The van der Waals surface area contributed by atoms with Gasteiger partial charge in [0.25, 0.3) is 0 Å². The van der Waals surface area contributed by atoms with Gasteiger partial charge in [-0.1, -0.05) is 11.6 Å². The Bertz CT molecular complexity index is 541. The van der Waals surface area contributed by atoms with E-state index < -0.39 is 6.04 Å². The van der Waals surface area contributed by atoms with Crippen LogP contribution in [0.2, 0.25) is 5.02 Å². The Morgan fingerprint density at radius 3 is 2.68 bits per heavy atom. The molecule has 0 amide bonds. The number of methoxy groups -OCH3 is 1. The van der Waals surface area contributed by atoms with Crippen LogP contribution in [-0.2, 0) is 14.9 Å². The van der Waals surface area contributed by atoms with Crippen molar-refractivity contribution in [2.24, 2.45) is 11.1 Å². The highest BCUT2D eigenvalue weighted by molar-refractivity contribution is 6.31. The molecule has 3 aliphatic rings.